The van der Waals surface area contributed by atoms with Gasteiger partial charge in [0.25, 0.3) is 0 Å². The van der Waals surface area contributed by atoms with Crippen LogP contribution in [0.2, 0.25) is 0 Å². The molecule has 5 rings (SSSR count). The van der Waals surface area contributed by atoms with Crippen LogP contribution in [0.5, 0.6) is 17.2 Å². The molecule has 5 aromatic rings. The Kier molecular flexibility index (Phi) is 5.96. The van der Waals surface area contributed by atoms with Crippen molar-refractivity contribution in [3.8, 4) is 27.8 Å². The number of aromatic nitrogens is 3. The summed E-state index contributed by atoms with van der Waals surface area (Å²) >= 11 is 1.23. The van der Waals surface area contributed by atoms with E-state index in [1.54, 1.807) is 25.4 Å². The van der Waals surface area contributed by atoms with Crippen molar-refractivity contribution >= 4 is 33.1 Å². The van der Waals surface area contributed by atoms with E-state index in [0.717, 1.165) is 28.6 Å². The molecule has 6 nitrogen and oxygen atoms in total. The van der Waals surface area contributed by atoms with Crippen LogP contribution < -0.4 is 14.8 Å². The fourth-order valence-corrected chi connectivity index (χ4v) is 4.17. The van der Waals surface area contributed by atoms with E-state index in [-0.39, 0.29) is 5.69 Å². The molecule has 0 aliphatic carbocycles. The maximum atomic E-state index is 12.9. The van der Waals surface area contributed by atoms with E-state index in [2.05, 4.69) is 20.5 Å². The maximum absolute atomic E-state index is 12.9. The number of rotatable bonds is 6. The molecule has 1 N–H and O–H groups in total. The minimum atomic E-state index is -4.41. The summed E-state index contributed by atoms with van der Waals surface area (Å²) in [5.41, 5.74) is 1.11. The van der Waals surface area contributed by atoms with Crippen LogP contribution in [0.15, 0.2) is 79.0 Å². The summed E-state index contributed by atoms with van der Waals surface area (Å²) in [6, 6.07) is 19.6. The summed E-state index contributed by atoms with van der Waals surface area (Å²) in [6.45, 7) is 0. The number of nitrogens with one attached hydrogen (secondary N) is 1. The second kappa shape index (κ2) is 9.22. The monoisotopic (exact) mass is 494 g/mol. The molecule has 35 heavy (non-hydrogen) atoms. The highest BCUT2D eigenvalue weighted by Gasteiger charge is 2.30. The van der Waals surface area contributed by atoms with Crippen LogP contribution in [0.25, 0.3) is 21.5 Å². The summed E-state index contributed by atoms with van der Waals surface area (Å²) in [5, 5.41) is 12.9. The van der Waals surface area contributed by atoms with Crippen molar-refractivity contribution in [1.29, 1.82) is 0 Å². The third-order valence-corrected chi connectivity index (χ3v) is 5.99. The largest absolute Gasteiger partial charge is 0.497 e. The summed E-state index contributed by atoms with van der Waals surface area (Å²) in [6.07, 6.45) is -2.74. The number of nitrogens with zero attached hydrogens (tertiary/aromatic N) is 3. The highest BCUT2D eigenvalue weighted by atomic mass is 32.1. The molecule has 176 valence electrons. The Hall–Kier alpha value is -4.18. The second-order valence-corrected chi connectivity index (χ2v) is 8.41. The Bertz CT molecular complexity index is 1490. The number of fused-ring (bicyclic) bond motifs is 1. The summed E-state index contributed by atoms with van der Waals surface area (Å²) in [5.74, 6) is 2.00. The van der Waals surface area contributed by atoms with Crippen molar-refractivity contribution in [2.45, 2.75) is 6.18 Å². The molecule has 0 unspecified atom stereocenters. The SMILES string of the molecule is COc1ccc2c(Oc3ccc(-c4nnc(Nc5cccc(C(F)(F)F)c5)s4)cc3)ccnc2c1. The zero-order valence-electron chi connectivity index (χ0n) is 18.2. The average molecular weight is 494 g/mol. The molecule has 0 radical (unpaired) electrons. The average Bonchev–Trinajstić information content (AvgIpc) is 3.32. The van der Waals surface area contributed by atoms with E-state index < -0.39 is 11.7 Å². The molecule has 0 bridgehead atoms. The van der Waals surface area contributed by atoms with Crippen LogP contribution in [0.3, 0.4) is 0 Å². The number of ether oxygens (including phenoxy) is 2. The number of methoxy groups -OCH3 is 1. The van der Waals surface area contributed by atoms with Crippen molar-refractivity contribution in [2.75, 3.05) is 12.4 Å². The molecule has 10 heteroatoms. The van der Waals surface area contributed by atoms with Crippen molar-refractivity contribution in [1.82, 2.24) is 15.2 Å². The summed E-state index contributed by atoms with van der Waals surface area (Å²) in [4.78, 5) is 4.36. The van der Waals surface area contributed by atoms with Gasteiger partial charge >= 0.3 is 6.18 Å². The van der Waals surface area contributed by atoms with Crippen molar-refractivity contribution in [3.63, 3.8) is 0 Å². The van der Waals surface area contributed by atoms with Gasteiger partial charge < -0.3 is 14.8 Å². The van der Waals surface area contributed by atoms with Gasteiger partial charge in [0.2, 0.25) is 5.13 Å². The molecule has 0 fully saturated rings. The standard InChI is InChI=1S/C25H17F3N4O2S/c1-33-19-9-10-20-21(14-19)29-12-11-22(20)34-18-7-5-15(6-8-18)23-31-32-24(35-23)30-17-4-2-3-16(13-17)25(26,27)28/h2-14H,1H3,(H,30,32). The van der Waals surface area contributed by atoms with E-state index >= 15 is 0 Å². The number of hydrogen-bond acceptors (Lipinski definition) is 7. The molecule has 0 atom stereocenters. The highest BCUT2D eigenvalue weighted by Crippen LogP contribution is 2.35. The topological polar surface area (TPSA) is 69.2 Å². The van der Waals surface area contributed by atoms with Gasteiger partial charge in [-0.2, -0.15) is 13.2 Å². The van der Waals surface area contributed by atoms with Crippen LogP contribution in [-0.4, -0.2) is 22.3 Å². The third-order valence-electron chi connectivity index (χ3n) is 5.11. The van der Waals surface area contributed by atoms with Crippen LogP contribution >= 0.6 is 11.3 Å². The molecule has 2 heterocycles. The zero-order chi connectivity index (χ0) is 24.4. The Balaban J connectivity index is 1.31. The minimum absolute atomic E-state index is 0.286. The van der Waals surface area contributed by atoms with E-state index in [0.29, 0.717) is 27.4 Å². The predicted octanol–water partition coefficient (Wildman–Crippen LogP) is 7.32. The van der Waals surface area contributed by atoms with Gasteiger partial charge in [0, 0.05) is 28.9 Å². The quantitative estimate of drug-likeness (QED) is 0.267. The highest BCUT2D eigenvalue weighted by molar-refractivity contribution is 7.18. The fourth-order valence-electron chi connectivity index (χ4n) is 3.40. The minimum Gasteiger partial charge on any atom is -0.497 e. The lowest BCUT2D eigenvalue weighted by molar-refractivity contribution is -0.137. The molecule has 2 aromatic heterocycles. The van der Waals surface area contributed by atoms with Crippen LogP contribution in [0.1, 0.15) is 5.56 Å². The lowest BCUT2D eigenvalue weighted by Crippen LogP contribution is -2.05. The van der Waals surface area contributed by atoms with Gasteiger partial charge in [-0.3, -0.25) is 4.98 Å². The fraction of sp³-hybridized carbons (Fsp3) is 0.0800. The lowest BCUT2D eigenvalue weighted by atomic mass is 10.2. The number of benzene rings is 3. The number of alkyl halides is 3. The molecule has 0 spiro atoms. The van der Waals surface area contributed by atoms with E-state index in [1.165, 1.54) is 17.4 Å². The van der Waals surface area contributed by atoms with Gasteiger partial charge in [-0.05, 0) is 60.7 Å². The van der Waals surface area contributed by atoms with Gasteiger partial charge in [0.05, 0.1) is 18.2 Å². The lowest BCUT2D eigenvalue weighted by Gasteiger charge is -2.10. The first kappa shape index (κ1) is 22.6. The van der Waals surface area contributed by atoms with Gasteiger partial charge in [0.1, 0.15) is 22.3 Å². The number of halogens is 3. The maximum Gasteiger partial charge on any atom is 0.416 e. The van der Waals surface area contributed by atoms with E-state index in [1.807, 2.05) is 42.5 Å². The summed E-state index contributed by atoms with van der Waals surface area (Å²) < 4.78 is 50.1. The van der Waals surface area contributed by atoms with Crippen molar-refractivity contribution in [2.24, 2.45) is 0 Å². The van der Waals surface area contributed by atoms with Gasteiger partial charge in [-0.1, -0.05) is 17.4 Å². The third kappa shape index (κ3) is 5.02. The van der Waals surface area contributed by atoms with Crippen LogP contribution in [0.4, 0.5) is 24.0 Å². The van der Waals surface area contributed by atoms with Gasteiger partial charge in [0.15, 0.2) is 0 Å². The normalized spacial score (nSPS) is 11.4. The predicted molar refractivity (Wildman–Crippen MR) is 128 cm³/mol. The van der Waals surface area contributed by atoms with E-state index in [4.69, 9.17) is 9.47 Å². The molecular formula is C25H17F3N4O2S. The molecule has 0 aliphatic heterocycles. The Morgan fingerprint density at radius 2 is 1.69 bits per heavy atom. The first-order valence-electron chi connectivity index (χ1n) is 10.4. The Morgan fingerprint density at radius 1 is 0.886 bits per heavy atom. The molecule has 0 aliphatic rings. The van der Waals surface area contributed by atoms with Gasteiger partial charge in [-0.25, -0.2) is 0 Å². The number of hydrogen-bond donors (Lipinski definition) is 1. The first-order valence-corrected chi connectivity index (χ1v) is 11.2. The molecule has 0 saturated heterocycles. The van der Waals surface area contributed by atoms with Crippen LogP contribution in [0, 0.1) is 0 Å². The first-order chi connectivity index (χ1) is 16.9. The Morgan fingerprint density at radius 3 is 2.46 bits per heavy atom. The zero-order valence-corrected chi connectivity index (χ0v) is 19.0. The van der Waals surface area contributed by atoms with Crippen LogP contribution in [-0.2, 0) is 6.18 Å². The number of anilines is 2. The van der Waals surface area contributed by atoms with E-state index in [9.17, 15) is 13.2 Å². The Labute approximate surface area is 202 Å². The second-order valence-electron chi connectivity index (χ2n) is 7.43. The molecule has 0 amide bonds. The van der Waals surface area contributed by atoms with Crippen molar-refractivity contribution < 1.29 is 22.6 Å². The molecule has 3 aromatic carbocycles. The van der Waals surface area contributed by atoms with Crippen molar-refractivity contribution in [3.05, 3.63) is 84.6 Å². The number of pyridine rings is 1. The molecular weight excluding hydrogens is 477 g/mol. The smallest absolute Gasteiger partial charge is 0.416 e. The van der Waals surface area contributed by atoms with Gasteiger partial charge in [-0.15, -0.1) is 10.2 Å². The summed E-state index contributed by atoms with van der Waals surface area (Å²) in [7, 11) is 1.60. The molecule has 0 saturated carbocycles.